The first kappa shape index (κ1) is 14.8. The molecule has 3 heteroatoms. The fraction of sp³-hybridized carbons (Fsp3) is 0.938. The molecule has 0 aromatic carbocycles. The Morgan fingerprint density at radius 3 is 2.26 bits per heavy atom. The van der Waals surface area contributed by atoms with Crippen molar-refractivity contribution in [1.29, 1.82) is 0 Å². The third-order valence-corrected chi connectivity index (χ3v) is 5.17. The summed E-state index contributed by atoms with van der Waals surface area (Å²) in [5, 5.41) is 9.53. The molecule has 1 heterocycles. The third kappa shape index (κ3) is 3.31. The summed E-state index contributed by atoms with van der Waals surface area (Å²) in [6.07, 6.45) is 9.06. The van der Waals surface area contributed by atoms with Crippen LogP contribution in [0.1, 0.15) is 65.2 Å². The number of likely N-dealkylation sites (tertiary alicyclic amines) is 1. The summed E-state index contributed by atoms with van der Waals surface area (Å²) in [5.41, 5.74) is -0.237. The van der Waals surface area contributed by atoms with E-state index in [0.29, 0.717) is 5.91 Å². The number of nitrogens with zero attached hydrogens (tertiary/aromatic N) is 1. The van der Waals surface area contributed by atoms with E-state index in [4.69, 9.17) is 0 Å². The molecule has 0 bridgehead atoms. The first-order chi connectivity index (χ1) is 8.99. The van der Waals surface area contributed by atoms with Crippen molar-refractivity contribution in [3.63, 3.8) is 0 Å². The molecule has 110 valence electrons. The monoisotopic (exact) mass is 267 g/mol. The fourth-order valence-corrected chi connectivity index (χ4v) is 3.72. The number of hydrogen-bond donors (Lipinski definition) is 1. The Kier molecular flexibility index (Phi) is 4.54. The number of carbonyl (C=O) groups is 1. The van der Waals surface area contributed by atoms with Gasteiger partial charge in [0.05, 0.1) is 6.61 Å². The van der Waals surface area contributed by atoms with Crippen molar-refractivity contribution >= 4 is 5.91 Å². The third-order valence-electron chi connectivity index (χ3n) is 5.17. The van der Waals surface area contributed by atoms with E-state index in [-0.39, 0.29) is 17.4 Å². The second-order valence-corrected chi connectivity index (χ2v) is 7.27. The molecule has 2 aliphatic rings. The first-order valence-corrected chi connectivity index (χ1v) is 7.89. The number of carbonyl (C=O) groups excluding carboxylic acids is 1. The minimum Gasteiger partial charge on any atom is -0.396 e. The lowest BCUT2D eigenvalue weighted by Gasteiger charge is -2.43. The molecule has 0 aromatic rings. The van der Waals surface area contributed by atoms with Crippen molar-refractivity contribution in [3.05, 3.63) is 0 Å². The smallest absolute Gasteiger partial charge is 0.228 e. The van der Waals surface area contributed by atoms with Crippen LogP contribution >= 0.6 is 0 Å². The van der Waals surface area contributed by atoms with Crippen molar-refractivity contribution in [2.24, 2.45) is 10.8 Å². The molecule has 1 amide bonds. The topological polar surface area (TPSA) is 40.5 Å². The van der Waals surface area contributed by atoms with Crippen molar-refractivity contribution < 1.29 is 9.90 Å². The highest BCUT2D eigenvalue weighted by atomic mass is 16.3. The highest BCUT2D eigenvalue weighted by molar-refractivity contribution is 5.82. The highest BCUT2D eigenvalue weighted by Crippen LogP contribution is 2.38. The van der Waals surface area contributed by atoms with Gasteiger partial charge in [-0.2, -0.15) is 0 Å². The predicted octanol–water partition coefficient (Wildman–Crippen LogP) is 2.97. The molecule has 2 rings (SSSR count). The number of aliphatic hydroxyl groups is 1. The molecule has 1 aliphatic carbocycles. The van der Waals surface area contributed by atoms with Gasteiger partial charge < -0.3 is 10.0 Å². The fourth-order valence-electron chi connectivity index (χ4n) is 3.72. The molecule has 1 saturated heterocycles. The SMILES string of the molecule is CC1(CO)CCCN(C(=O)C2(C)CCCCCC2)C1. The summed E-state index contributed by atoms with van der Waals surface area (Å²) in [4.78, 5) is 14.9. The van der Waals surface area contributed by atoms with E-state index in [1.54, 1.807) is 0 Å². The Labute approximate surface area is 117 Å². The molecule has 1 N–H and O–H groups in total. The average Bonchev–Trinajstić information content (AvgIpc) is 2.64. The van der Waals surface area contributed by atoms with E-state index in [0.717, 1.165) is 38.8 Å². The Morgan fingerprint density at radius 2 is 1.68 bits per heavy atom. The maximum absolute atomic E-state index is 12.9. The summed E-state index contributed by atoms with van der Waals surface area (Å²) in [7, 11) is 0. The maximum Gasteiger partial charge on any atom is 0.228 e. The average molecular weight is 267 g/mol. The van der Waals surface area contributed by atoms with E-state index in [1.807, 2.05) is 4.90 Å². The minimum absolute atomic E-state index is 0.0883. The van der Waals surface area contributed by atoms with Gasteiger partial charge in [-0.3, -0.25) is 4.79 Å². The predicted molar refractivity (Wildman–Crippen MR) is 76.8 cm³/mol. The van der Waals surface area contributed by atoms with Crippen molar-refractivity contribution in [3.8, 4) is 0 Å². The van der Waals surface area contributed by atoms with Crippen LogP contribution in [0.3, 0.4) is 0 Å². The molecular formula is C16H29NO2. The molecule has 2 fully saturated rings. The standard InChI is InChI=1S/C16H29NO2/c1-15(13-18)8-7-11-17(12-15)14(19)16(2)9-5-3-4-6-10-16/h18H,3-13H2,1-2H3. The van der Waals surface area contributed by atoms with E-state index in [9.17, 15) is 9.90 Å². The summed E-state index contributed by atoms with van der Waals surface area (Å²) in [6.45, 7) is 6.06. The number of rotatable bonds is 2. The molecular weight excluding hydrogens is 238 g/mol. The van der Waals surface area contributed by atoms with Crippen LogP contribution in [0.5, 0.6) is 0 Å². The van der Waals surface area contributed by atoms with Gasteiger partial charge in [-0.15, -0.1) is 0 Å². The Balaban J connectivity index is 2.05. The van der Waals surface area contributed by atoms with Gasteiger partial charge in [0.25, 0.3) is 0 Å². The van der Waals surface area contributed by atoms with Crippen LogP contribution in [-0.4, -0.2) is 35.6 Å². The van der Waals surface area contributed by atoms with E-state index < -0.39 is 0 Å². The van der Waals surface area contributed by atoms with Crippen LogP contribution in [0.2, 0.25) is 0 Å². The van der Waals surface area contributed by atoms with Gasteiger partial charge in [-0.25, -0.2) is 0 Å². The lowest BCUT2D eigenvalue weighted by atomic mass is 9.78. The van der Waals surface area contributed by atoms with Gasteiger partial charge >= 0.3 is 0 Å². The molecule has 0 radical (unpaired) electrons. The van der Waals surface area contributed by atoms with Gasteiger partial charge in [0.2, 0.25) is 5.91 Å². The zero-order valence-electron chi connectivity index (χ0n) is 12.6. The second-order valence-electron chi connectivity index (χ2n) is 7.27. The maximum atomic E-state index is 12.9. The van der Waals surface area contributed by atoms with Gasteiger partial charge in [-0.05, 0) is 25.7 Å². The minimum atomic E-state index is -0.149. The summed E-state index contributed by atoms with van der Waals surface area (Å²) in [6, 6.07) is 0. The summed E-state index contributed by atoms with van der Waals surface area (Å²) in [5.74, 6) is 0.341. The molecule has 1 aliphatic heterocycles. The molecule has 1 saturated carbocycles. The summed E-state index contributed by atoms with van der Waals surface area (Å²) < 4.78 is 0. The lowest BCUT2D eigenvalue weighted by Crippen LogP contribution is -2.51. The number of piperidine rings is 1. The molecule has 0 aromatic heterocycles. The van der Waals surface area contributed by atoms with Gasteiger partial charge in [0.15, 0.2) is 0 Å². The van der Waals surface area contributed by atoms with Gasteiger partial charge in [-0.1, -0.05) is 39.5 Å². The van der Waals surface area contributed by atoms with Gasteiger partial charge in [0.1, 0.15) is 0 Å². The Hall–Kier alpha value is -0.570. The van der Waals surface area contributed by atoms with Crippen LogP contribution < -0.4 is 0 Å². The molecule has 0 spiro atoms. The number of aliphatic hydroxyl groups excluding tert-OH is 1. The van der Waals surface area contributed by atoms with Crippen molar-refractivity contribution in [2.45, 2.75) is 65.2 Å². The van der Waals surface area contributed by atoms with E-state index in [1.165, 1.54) is 25.7 Å². The highest BCUT2D eigenvalue weighted by Gasteiger charge is 2.40. The van der Waals surface area contributed by atoms with Gasteiger partial charge in [0, 0.05) is 23.9 Å². The number of amides is 1. The molecule has 1 atom stereocenters. The zero-order valence-corrected chi connectivity index (χ0v) is 12.6. The quantitative estimate of drug-likeness (QED) is 0.781. The lowest BCUT2D eigenvalue weighted by molar-refractivity contribution is -0.146. The normalized spacial score (nSPS) is 31.8. The Bertz CT molecular complexity index is 321. The van der Waals surface area contributed by atoms with E-state index in [2.05, 4.69) is 13.8 Å². The van der Waals surface area contributed by atoms with Crippen LogP contribution in [0, 0.1) is 10.8 Å². The largest absolute Gasteiger partial charge is 0.396 e. The van der Waals surface area contributed by atoms with Crippen molar-refractivity contribution in [1.82, 2.24) is 4.90 Å². The van der Waals surface area contributed by atoms with Crippen LogP contribution in [0.4, 0.5) is 0 Å². The molecule has 1 unspecified atom stereocenters. The van der Waals surface area contributed by atoms with Crippen LogP contribution in [0.15, 0.2) is 0 Å². The molecule has 19 heavy (non-hydrogen) atoms. The van der Waals surface area contributed by atoms with Crippen LogP contribution in [-0.2, 0) is 4.79 Å². The first-order valence-electron chi connectivity index (χ1n) is 7.89. The Morgan fingerprint density at radius 1 is 1.05 bits per heavy atom. The van der Waals surface area contributed by atoms with E-state index >= 15 is 0 Å². The summed E-state index contributed by atoms with van der Waals surface area (Å²) >= 11 is 0. The van der Waals surface area contributed by atoms with Crippen molar-refractivity contribution in [2.75, 3.05) is 19.7 Å². The number of hydrogen-bond acceptors (Lipinski definition) is 2. The van der Waals surface area contributed by atoms with Crippen LogP contribution in [0.25, 0.3) is 0 Å². The molecule has 3 nitrogen and oxygen atoms in total. The zero-order chi connectivity index (χ0) is 13.9. The second kappa shape index (κ2) is 5.82.